The summed E-state index contributed by atoms with van der Waals surface area (Å²) in [4.78, 5) is 9.75. The van der Waals surface area contributed by atoms with Crippen molar-refractivity contribution in [1.82, 2.24) is 19.1 Å². The van der Waals surface area contributed by atoms with Crippen LogP contribution in [0.1, 0.15) is 0 Å². The maximum absolute atomic E-state index is 10.5. The number of nitrogens with zero attached hydrogens (tertiary/aromatic N) is 4. The first-order valence-corrected chi connectivity index (χ1v) is 12.8. The van der Waals surface area contributed by atoms with E-state index in [0.717, 1.165) is 55.2 Å². The largest absolute Gasteiger partial charge is 0.507 e. The van der Waals surface area contributed by atoms with Crippen LogP contribution in [0.15, 0.2) is 121 Å². The molecule has 5 nitrogen and oxygen atoms in total. The number of pyridine rings is 2. The Bertz CT molecular complexity index is 2160. The van der Waals surface area contributed by atoms with Crippen molar-refractivity contribution < 1.29 is 26.2 Å². The third-order valence-electron chi connectivity index (χ3n) is 7.39. The van der Waals surface area contributed by atoms with Crippen LogP contribution in [0.4, 0.5) is 0 Å². The van der Waals surface area contributed by atoms with Gasteiger partial charge in [-0.25, -0.2) is 9.97 Å². The van der Waals surface area contributed by atoms with Gasteiger partial charge in [-0.15, -0.1) is 17.5 Å². The van der Waals surface area contributed by atoms with Gasteiger partial charge >= 0.3 is 0 Å². The molecule has 6 heteroatoms. The number of rotatable bonds is 3. The van der Waals surface area contributed by atoms with E-state index in [1.54, 1.807) is 6.07 Å². The van der Waals surface area contributed by atoms with Crippen LogP contribution in [0.3, 0.4) is 0 Å². The molecule has 0 aliphatic carbocycles. The fourth-order valence-electron chi connectivity index (χ4n) is 5.68. The zero-order valence-corrected chi connectivity index (χ0v) is 23.4. The Morgan fingerprint density at radius 3 is 2.12 bits per heavy atom. The van der Waals surface area contributed by atoms with E-state index in [4.69, 9.17) is 9.97 Å². The zero-order chi connectivity index (χ0) is 25.9. The molecule has 0 aliphatic rings. The quantitative estimate of drug-likeness (QED) is 0.192. The van der Waals surface area contributed by atoms with E-state index < -0.39 is 0 Å². The van der Waals surface area contributed by atoms with Gasteiger partial charge in [0, 0.05) is 49.1 Å². The molecule has 0 fully saturated rings. The van der Waals surface area contributed by atoms with Crippen LogP contribution >= 0.6 is 0 Å². The van der Waals surface area contributed by atoms with E-state index in [-0.39, 0.29) is 26.8 Å². The third-order valence-corrected chi connectivity index (χ3v) is 7.39. The number of phenols is 1. The van der Waals surface area contributed by atoms with Gasteiger partial charge in [-0.3, -0.25) is 0 Å². The molecular weight excluding hydrogens is 675 g/mol. The van der Waals surface area contributed by atoms with Crippen LogP contribution in [0.2, 0.25) is 0 Å². The molecule has 40 heavy (non-hydrogen) atoms. The normalized spacial score (nSPS) is 11.4. The van der Waals surface area contributed by atoms with Gasteiger partial charge in [-0.05, 0) is 53.9 Å². The summed E-state index contributed by atoms with van der Waals surface area (Å²) in [5.74, 6) is 0.966. The molecule has 8 rings (SSSR count). The Morgan fingerprint density at radius 2 is 1.30 bits per heavy atom. The number of aromatic nitrogens is 4. The molecule has 0 spiro atoms. The fraction of sp³-hybridized carbons (Fsp3) is 0. The molecule has 4 aromatic carbocycles. The predicted molar refractivity (Wildman–Crippen MR) is 157 cm³/mol. The van der Waals surface area contributed by atoms with Gasteiger partial charge in [0.25, 0.3) is 0 Å². The minimum absolute atomic E-state index is 0. The van der Waals surface area contributed by atoms with Crippen molar-refractivity contribution in [2.45, 2.75) is 0 Å². The Labute approximate surface area is 244 Å². The van der Waals surface area contributed by atoms with Crippen LogP contribution < -0.4 is 0 Å². The Kier molecular flexibility index (Phi) is 5.76. The molecule has 194 valence electrons. The van der Waals surface area contributed by atoms with Crippen molar-refractivity contribution in [3.05, 3.63) is 128 Å². The molecule has 0 atom stereocenters. The first-order valence-electron chi connectivity index (χ1n) is 12.8. The Hall–Kier alpha value is -4.73. The van der Waals surface area contributed by atoms with Crippen LogP contribution in [0.25, 0.3) is 66.5 Å². The topological polar surface area (TPSA) is 55.9 Å². The van der Waals surface area contributed by atoms with E-state index in [1.165, 1.54) is 0 Å². The molecule has 4 heterocycles. The number of benzene rings is 4. The molecular formula is C34H21N4OPt-. The SMILES string of the molecule is Oc1ccccc1-c1cccc(-n2c3[c-]c(-n4c5ccccc5c5cccnc54)ccc3c3ccccc32)n1.[Pt]. The van der Waals surface area contributed by atoms with E-state index >= 15 is 0 Å². The first-order chi connectivity index (χ1) is 19.3. The summed E-state index contributed by atoms with van der Waals surface area (Å²) in [7, 11) is 0. The fourth-order valence-corrected chi connectivity index (χ4v) is 5.68. The molecule has 0 amide bonds. The summed E-state index contributed by atoms with van der Waals surface area (Å²) >= 11 is 0. The van der Waals surface area contributed by atoms with E-state index in [2.05, 4.69) is 75.9 Å². The van der Waals surface area contributed by atoms with Crippen molar-refractivity contribution in [3.8, 4) is 28.5 Å². The van der Waals surface area contributed by atoms with Crippen LogP contribution in [0.5, 0.6) is 5.75 Å². The summed E-state index contributed by atoms with van der Waals surface area (Å²) in [6, 6.07) is 42.0. The number of phenolic OH excluding ortho intramolecular Hbond substituents is 1. The standard InChI is InChI=1S/C34H21N4O.Pt/c39-32-16-6-3-11-27(32)28-13-7-17-33(36-28)38-30-15-5-1-9-23(30)25-19-18-22(21-31(25)38)37-29-14-4-2-10-24(29)26-12-8-20-35-34(26)37;/h1-20,39H;/q-1;. The van der Waals surface area contributed by atoms with Crippen LogP contribution in [-0.4, -0.2) is 24.2 Å². The van der Waals surface area contributed by atoms with Crippen molar-refractivity contribution in [1.29, 1.82) is 0 Å². The van der Waals surface area contributed by atoms with Gasteiger partial charge in [0.15, 0.2) is 0 Å². The average Bonchev–Trinajstić information content (AvgIpc) is 3.50. The minimum atomic E-state index is 0. The molecule has 0 unspecified atom stereocenters. The second kappa shape index (κ2) is 9.48. The third kappa shape index (κ3) is 3.59. The van der Waals surface area contributed by atoms with Gasteiger partial charge in [0.05, 0.1) is 11.2 Å². The number of para-hydroxylation sites is 3. The smallest absolute Gasteiger partial charge is 0.143 e. The van der Waals surface area contributed by atoms with Gasteiger partial charge in [-0.1, -0.05) is 65.8 Å². The van der Waals surface area contributed by atoms with Gasteiger partial charge in [-0.2, -0.15) is 6.07 Å². The second-order valence-electron chi connectivity index (χ2n) is 9.58. The first kappa shape index (κ1) is 24.3. The number of hydrogen-bond donors (Lipinski definition) is 1. The molecule has 0 bridgehead atoms. The maximum Gasteiger partial charge on any atom is 0.143 e. The van der Waals surface area contributed by atoms with Crippen molar-refractivity contribution >= 4 is 43.7 Å². The van der Waals surface area contributed by atoms with E-state index in [1.807, 2.05) is 54.7 Å². The summed E-state index contributed by atoms with van der Waals surface area (Å²) in [6.07, 6.45) is 1.83. The van der Waals surface area contributed by atoms with Crippen molar-refractivity contribution in [3.63, 3.8) is 0 Å². The monoisotopic (exact) mass is 696 g/mol. The molecule has 0 saturated heterocycles. The van der Waals surface area contributed by atoms with Gasteiger partial charge in [0.1, 0.15) is 17.2 Å². The summed E-state index contributed by atoms with van der Waals surface area (Å²) in [6.45, 7) is 0. The summed E-state index contributed by atoms with van der Waals surface area (Å²) in [5, 5.41) is 15.0. The molecule has 8 aromatic rings. The van der Waals surface area contributed by atoms with E-state index in [9.17, 15) is 5.11 Å². The average molecular weight is 697 g/mol. The van der Waals surface area contributed by atoms with E-state index in [0.29, 0.717) is 11.3 Å². The van der Waals surface area contributed by atoms with Crippen molar-refractivity contribution in [2.75, 3.05) is 0 Å². The Morgan fingerprint density at radius 1 is 0.600 bits per heavy atom. The molecule has 0 saturated carbocycles. The molecule has 0 aliphatic heterocycles. The number of hydrogen-bond acceptors (Lipinski definition) is 3. The predicted octanol–water partition coefficient (Wildman–Crippen LogP) is 7.84. The maximum atomic E-state index is 10.5. The van der Waals surface area contributed by atoms with Gasteiger partial charge in [0.2, 0.25) is 0 Å². The second-order valence-corrected chi connectivity index (χ2v) is 9.58. The summed E-state index contributed by atoms with van der Waals surface area (Å²) in [5.41, 5.74) is 6.27. The minimum Gasteiger partial charge on any atom is -0.507 e. The number of aromatic hydroxyl groups is 1. The zero-order valence-electron chi connectivity index (χ0n) is 21.1. The molecule has 4 aromatic heterocycles. The van der Waals surface area contributed by atoms with Crippen molar-refractivity contribution in [2.24, 2.45) is 0 Å². The molecule has 1 N–H and O–H groups in total. The van der Waals surface area contributed by atoms with Crippen LogP contribution in [-0.2, 0) is 21.1 Å². The Balaban J connectivity index is 0.00000264. The van der Waals surface area contributed by atoms with Crippen LogP contribution in [0, 0.1) is 6.07 Å². The number of fused-ring (bicyclic) bond motifs is 6. The van der Waals surface area contributed by atoms with Gasteiger partial charge < -0.3 is 14.2 Å². The molecule has 0 radical (unpaired) electrons. The summed E-state index contributed by atoms with van der Waals surface area (Å²) < 4.78 is 4.33.